The van der Waals surface area contributed by atoms with Crippen LogP contribution in [0.1, 0.15) is 17.5 Å². The Hall–Kier alpha value is -2.70. The average Bonchev–Trinajstić information content (AvgIpc) is 3.17. The summed E-state index contributed by atoms with van der Waals surface area (Å²) in [7, 11) is -4.56. The zero-order chi connectivity index (χ0) is 22.9. The number of nitrogens with zero attached hydrogens (tertiary/aromatic N) is 2. The fourth-order valence-corrected chi connectivity index (χ4v) is 5.00. The Balaban J connectivity index is 1.56. The van der Waals surface area contributed by atoms with E-state index in [0.29, 0.717) is 0 Å². The molecular weight excluding hydrogens is 468 g/mol. The summed E-state index contributed by atoms with van der Waals surface area (Å²) >= 11 is 1.11. The summed E-state index contributed by atoms with van der Waals surface area (Å²) < 4.78 is 84.5. The Labute approximate surface area is 186 Å². The second-order valence-electron chi connectivity index (χ2n) is 7.22. The van der Waals surface area contributed by atoms with Gasteiger partial charge in [0.15, 0.2) is 10.7 Å². The van der Waals surface area contributed by atoms with Gasteiger partial charge in [-0.15, -0.1) is 11.3 Å². The second kappa shape index (κ2) is 9.04. The van der Waals surface area contributed by atoms with Crippen LogP contribution in [-0.4, -0.2) is 31.4 Å². The average molecular weight is 487 g/mol. The van der Waals surface area contributed by atoms with E-state index in [-0.39, 0.29) is 35.7 Å². The van der Waals surface area contributed by atoms with E-state index in [1.807, 2.05) is 9.62 Å². The van der Waals surface area contributed by atoms with E-state index in [1.165, 1.54) is 10.9 Å². The monoisotopic (exact) mass is 486 g/mol. The minimum Gasteiger partial charge on any atom is -0.381 e. The summed E-state index contributed by atoms with van der Waals surface area (Å²) in [5.41, 5.74) is 1.45. The highest BCUT2D eigenvalue weighted by molar-refractivity contribution is 7.92. The number of hydrogen-bond acceptors (Lipinski definition) is 6. The van der Waals surface area contributed by atoms with Crippen LogP contribution >= 0.6 is 11.3 Å². The first-order valence-corrected chi connectivity index (χ1v) is 12.0. The molecule has 1 aliphatic rings. The Morgan fingerprint density at radius 1 is 1.00 bits per heavy atom. The minimum absolute atomic E-state index is 0.0413. The first-order valence-electron chi connectivity index (χ1n) is 9.56. The first kappa shape index (κ1) is 22.5. The van der Waals surface area contributed by atoms with Crippen LogP contribution in [0, 0.1) is 23.3 Å². The third-order valence-corrected chi connectivity index (χ3v) is 7.05. The molecule has 1 fully saturated rings. The molecule has 0 atom stereocenters. The van der Waals surface area contributed by atoms with E-state index in [1.54, 1.807) is 0 Å². The van der Waals surface area contributed by atoms with Crippen LogP contribution in [0.25, 0.3) is 0 Å². The van der Waals surface area contributed by atoms with E-state index >= 15 is 0 Å². The van der Waals surface area contributed by atoms with Gasteiger partial charge in [0.05, 0.1) is 5.51 Å². The number of rotatable bonds is 8. The largest absolute Gasteiger partial charge is 0.381 e. The number of halogens is 4. The third kappa shape index (κ3) is 4.71. The fourth-order valence-electron chi connectivity index (χ4n) is 3.32. The van der Waals surface area contributed by atoms with Gasteiger partial charge >= 0.3 is 0 Å². The lowest BCUT2D eigenvalue weighted by Gasteiger charge is -2.31. The minimum atomic E-state index is -4.56. The van der Waals surface area contributed by atoms with E-state index in [0.717, 1.165) is 55.1 Å². The van der Waals surface area contributed by atoms with Crippen molar-refractivity contribution in [3.05, 3.63) is 69.6 Å². The smallest absolute Gasteiger partial charge is 0.268 e. The third-order valence-electron chi connectivity index (χ3n) is 5.05. The van der Waals surface area contributed by atoms with Gasteiger partial charge in [-0.1, -0.05) is 0 Å². The van der Waals surface area contributed by atoms with Gasteiger partial charge in [0.25, 0.3) is 10.0 Å². The summed E-state index contributed by atoms with van der Waals surface area (Å²) in [6.07, 6.45) is 0.982. The molecule has 1 aromatic heterocycles. The molecule has 12 heteroatoms. The Bertz CT molecular complexity index is 1210. The van der Waals surface area contributed by atoms with Crippen molar-refractivity contribution in [1.29, 1.82) is 0 Å². The lowest BCUT2D eigenvalue weighted by molar-refractivity contribution is 0.169. The zero-order valence-corrected chi connectivity index (χ0v) is 18.2. The van der Waals surface area contributed by atoms with Crippen molar-refractivity contribution in [2.24, 2.45) is 0 Å². The van der Waals surface area contributed by atoms with Crippen molar-refractivity contribution in [3.63, 3.8) is 0 Å². The normalized spacial score (nSPS) is 14.2. The van der Waals surface area contributed by atoms with Gasteiger partial charge in [-0.3, -0.25) is 9.62 Å². The molecule has 6 nitrogen and oxygen atoms in total. The van der Waals surface area contributed by atoms with Crippen molar-refractivity contribution in [2.45, 2.75) is 24.4 Å². The highest BCUT2D eigenvalue weighted by Crippen LogP contribution is 2.27. The first-order chi connectivity index (χ1) is 15.2. The van der Waals surface area contributed by atoms with Gasteiger partial charge in [0.1, 0.15) is 23.3 Å². The number of sulfonamides is 1. The maximum atomic E-state index is 14.6. The van der Waals surface area contributed by atoms with Gasteiger partial charge in [-0.05, 0) is 43.8 Å². The summed E-state index contributed by atoms with van der Waals surface area (Å²) in [6, 6.07) is 3.60. The van der Waals surface area contributed by atoms with Crippen molar-refractivity contribution in [2.75, 3.05) is 23.1 Å². The van der Waals surface area contributed by atoms with Crippen molar-refractivity contribution in [3.8, 4) is 0 Å². The molecule has 2 N–H and O–H groups in total. The van der Waals surface area contributed by atoms with E-state index in [2.05, 4.69) is 10.3 Å². The molecule has 0 unspecified atom stereocenters. The lowest BCUT2D eigenvalue weighted by Crippen LogP contribution is -2.37. The maximum absolute atomic E-state index is 14.6. The van der Waals surface area contributed by atoms with Gasteiger partial charge in [-0.25, -0.2) is 31.0 Å². The molecule has 0 radical (unpaired) electrons. The predicted molar refractivity (Wildman–Crippen MR) is 113 cm³/mol. The molecule has 0 bridgehead atoms. The van der Waals surface area contributed by atoms with Gasteiger partial charge in [-0.2, -0.15) is 0 Å². The molecule has 32 heavy (non-hydrogen) atoms. The van der Waals surface area contributed by atoms with E-state index in [4.69, 9.17) is 0 Å². The van der Waals surface area contributed by atoms with Gasteiger partial charge < -0.3 is 5.32 Å². The molecule has 4 rings (SSSR count). The van der Waals surface area contributed by atoms with Gasteiger partial charge in [0, 0.05) is 35.3 Å². The molecule has 1 aliphatic heterocycles. The molecule has 0 amide bonds. The quantitative estimate of drug-likeness (QED) is 0.464. The van der Waals surface area contributed by atoms with Crippen molar-refractivity contribution in [1.82, 2.24) is 9.88 Å². The molecule has 170 valence electrons. The lowest BCUT2D eigenvalue weighted by atomic mass is 10.0. The van der Waals surface area contributed by atoms with Crippen LogP contribution in [0.2, 0.25) is 0 Å². The summed E-state index contributed by atoms with van der Waals surface area (Å²) in [6.45, 7) is 1.55. The Kier molecular flexibility index (Phi) is 6.35. The zero-order valence-electron chi connectivity index (χ0n) is 16.5. The van der Waals surface area contributed by atoms with Crippen LogP contribution < -0.4 is 10.0 Å². The second-order valence-corrected chi connectivity index (χ2v) is 9.56. The van der Waals surface area contributed by atoms with Crippen LogP contribution in [-0.2, 0) is 23.1 Å². The summed E-state index contributed by atoms with van der Waals surface area (Å²) in [5.74, 6) is -3.96. The molecule has 0 saturated carbocycles. The number of likely N-dealkylation sites (tertiary alicyclic amines) is 1. The van der Waals surface area contributed by atoms with Crippen LogP contribution in [0.3, 0.4) is 0 Å². The standard InChI is InChI=1S/C20H18F4N4O2S2/c21-15-2-3-16(22)14(9-28-4-1-5-28)13(15)8-25-12-6-17(23)20(18(24)7-12)32(29,30)27-19-10-31-11-26-19/h2-3,6-7,10-11,25,27H,1,4-5,8-9H2. The molecule has 3 aromatic rings. The SMILES string of the molecule is O=S(=O)(Nc1cscn1)c1c(F)cc(NCc2c(F)ccc(F)c2CN2CCC2)cc1F. The van der Waals surface area contributed by atoms with Crippen LogP contribution in [0.15, 0.2) is 40.1 Å². The fraction of sp³-hybridized carbons (Fsp3) is 0.250. The molecular formula is C20H18F4N4O2S2. The van der Waals surface area contributed by atoms with Crippen LogP contribution in [0.4, 0.5) is 29.1 Å². The number of aromatic nitrogens is 1. The van der Waals surface area contributed by atoms with Crippen molar-refractivity contribution < 1.29 is 26.0 Å². The topological polar surface area (TPSA) is 74.3 Å². The molecule has 1 saturated heterocycles. The predicted octanol–water partition coefficient (Wildman–Crippen LogP) is 4.32. The highest BCUT2D eigenvalue weighted by Gasteiger charge is 2.26. The summed E-state index contributed by atoms with van der Waals surface area (Å²) in [4.78, 5) is 4.52. The summed E-state index contributed by atoms with van der Waals surface area (Å²) in [5, 5.41) is 4.02. The Morgan fingerprint density at radius 3 is 2.22 bits per heavy atom. The molecule has 0 aliphatic carbocycles. The molecule has 2 heterocycles. The van der Waals surface area contributed by atoms with Crippen molar-refractivity contribution >= 4 is 32.9 Å². The molecule has 0 spiro atoms. The highest BCUT2D eigenvalue weighted by atomic mass is 32.2. The Morgan fingerprint density at radius 2 is 1.66 bits per heavy atom. The molecule has 2 aromatic carbocycles. The van der Waals surface area contributed by atoms with Gasteiger partial charge in [0.2, 0.25) is 0 Å². The number of benzene rings is 2. The van der Waals surface area contributed by atoms with E-state index in [9.17, 15) is 26.0 Å². The number of hydrogen-bond donors (Lipinski definition) is 2. The number of thiazole rings is 1. The van der Waals surface area contributed by atoms with E-state index < -0.39 is 38.2 Å². The number of nitrogens with one attached hydrogen (secondary N) is 2. The van der Waals surface area contributed by atoms with Crippen LogP contribution in [0.5, 0.6) is 0 Å². The number of anilines is 2. The maximum Gasteiger partial charge on any atom is 0.268 e.